The minimum atomic E-state index is 0.0995. The van der Waals surface area contributed by atoms with Crippen LogP contribution >= 0.6 is 0 Å². The molecule has 1 saturated heterocycles. The molecule has 1 aliphatic carbocycles. The second kappa shape index (κ2) is 10.7. The fraction of sp³-hybridized carbons (Fsp3) is 0.545. The van der Waals surface area contributed by atoms with Gasteiger partial charge in [-0.05, 0) is 93.5 Å². The first-order chi connectivity index (χ1) is 18.1. The van der Waals surface area contributed by atoms with Crippen molar-refractivity contribution in [3.63, 3.8) is 0 Å². The van der Waals surface area contributed by atoms with Gasteiger partial charge in [0, 0.05) is 41.4 Å². The number of rotatable bonds is 6. The zero-order chi connectivity index (χ0) is 27.0. The van der Waals surface area contributed by atoms with Gasteiger partial charge in [-0.1, -0.05) is 45.0 Å². The molecule has 0 unspecified atom stereocenters. The van der Waals surface area contributed by atoms with Crippen molar-refractivity contribution in [1.29, 1.82) is 0 Å². The fourth-order valence-corrected chi connectivity index (χ4v) is 6.35. The van der Waals surface area contributed by atoms with E-state index in [1.807, 2.05) is 6.92 Å². The average molecular weight is 513 g/mol. The van der Waals surface area contributed by atoms with Gasteiger partial charge >= 0.3 is 0 Å². The molecule has 0 radical (unpaired) electrons. The molecule has 1 atom stereocenters. The zero-order valence-corrected chi connectivity index (χ0v) is 24.1. The summed E-state index contributed by atoms with van der Waals surface area (Å²) in [5.74, 6) is 2.05. The molecule has 1 N–H and O–H groups in total. The Kier molecular flexibility index (Phi) is 7.48. The number of anilines is 2. The summed E-state index contributed by atoms with van der Waals surface area (Å²) in [7, 11) is 0. The van der Waals surface area contributed by atoms with E-state index in [-0.39, 0.29) is 17.4 Å². The van der Waals surface area contributed by atoms with E-state index in [2.05, 4.69) is 91.4 Å². The van der Waals surface area contributed by atoms with Gasteiger partial charge < -0.3 is 10.2 Å². The first-order valence-electron chi connectivity index (χ1n) is 14.6. The Balaban J connectivity index is 1.38. The van der Waals surface area contributed by atoms with Crippen LogP contribution < -0.4 is 10.2 Å². The summed E-state index contributed by atoms with van der Waals surface area (Å²) in [6.45, 7) is 15.3. The van der Waals surface area contributed by atoms with Crippen molar-refractivity contribution >= 4 is 28.1 Å². The third-order valence-corrected chi connectivity index (χ3v) is 8.66. The van der Waals surface area contributed by atoms with Gasteiger partial charge in [0.1, 0.15) is 5.78 Å². The smallest absolute Gasteiger partial charge is 0.157 e. The molecule has 2 aromatic carbocycles. The van der Waals surface area contributed by atoms with Gasteiger partial charge in [0.25, 0.3) is 0 Å². The van der Waals surface area contributed by atoms with Crippen LogP contribution in [-0.2, 0) is 10.2 Å². The maximum absolute atomic E-state index is 12.6. The van der Waals surface area contributed by atoms with Gasteiger partial charge in [-0.3, -0.25) is 4.79 Å². The van der Waals surface area contributed by atoms with Gasteiger partial charge in [0.15, 0.2) is 5.82 Å². The standard InChI is InChI=1S/C33H44N4O/c1-21-27(12-7-13-30(21)33(4,5)6)22(2)34-32-29-20-26(16-17-28(29)23(3)35-36-32)37-18-8-10-24(11-9-19-37)31(38)25-14-15-25/h7,12-13,16-17,20,22,24-25H,8-11,14-15,18-19H2,1-6H3,(H,34,36)/t22-/m1/s1. The van der Waals surface area contributed by atoms with E-state index in [0.29, 0.717) is 11.7 Å². The van der Waals surface area contributed by atoms with E-state index < -0.39 is 0 Å². The molecule has 0 spiro atoms. The number of carbonyl (C=O) groups excluding carboxylic acids is 1. The maximum atomic E-state index is 12.6. The van der Waals surface area contributed by atoms with E-state index in [0.717, 1.165) is 73.9 Å². The molecular formula is C33H44N4O. The third kappa shape index (κ3) is 5.57. The Labute approximate surface area is 228 Å². The van der Waals surface area contributed by atoms with E-state index >= 15 is 0 Å². The average Bonchev–Trinajstić information content (AvgIpc) is 3.70. The molecule has 2 fully saturated rings. The van der Waals surface area contributed by atoms with Crippen molar-refractivity contribution in [1.82, 2.24) is 10.2 Å². The highest BCUT2D eigenvalue weighted by atomic mass is 16.1. The highest BCUT2D eigenvalue weighted by Gasteiger charge is 2.34. The largest absolute Gasteiger partial charge is 0.372 e. The molecule has 2 aliphatic rings. The predicted octanol–water partition coefficient (Wildman–Crippen LogP) is 7.69. The van der Waals surface area contributed by atoms with Crippen molar-refractivity contribution in [2.45, 2.75) is 91.5 Å². The third-order valence-electron chi connectivity index (χ3n) is 8.66. The van der Waals surface area contributed by atoms with E-state index in [1.54, 1.807) is 0 Å². The fourth-order valence-electron chi connectivity index (χ4n) is 6.35. The molecule has 38 heavy (non-hydrogen) atoms. The number of benzene rings is 2. The number of hydrogen-bond acceptors (Lipinski definition) is 5. The van der Waals surface area contributed by atoms with E-state index in [4.69, 9.17) is 0 Å². The molecule has 1 saturated carbocycles. The molecule has 5 nitrogen and oxygen atoms in total. The molecule has 202 valence electrons. The van der Waals surface area contributed by atoms with Crippen LogP contribution in [0.3, 0.4) is 0 Å². The summed E-state index contributed by atoms with van der Waals surface area (Å²) in [4.78, 5) is 15.1. The number of fused-ring (bicyclic) bond motifs is 1. The van der Waals surface area contributed by atoms with Crippen LogP contribution in [0.25, 0.3) is 10.8 Å². The van der Waals surface area contributed by atoms with Crippen LogP contribution in [-0.4, -0.2) is 29.1 Å². The number of ketones is 1. The number of hydrogen-bond donors (Lipinski definition) is 1. The lowest BCUT2D eigenvalue weighted by Gasteiger charge is -2.30. The predicted molar refractivity (Wildman–Crippen MR) is 158 cm³/mol. The van der Waals surface area contributed by atoms with Crippen LogP contribution in [0.4, 0.5) is 11.5 Å². The zero-order valence-electron chi connectivity index (χ0n) is 24.1. The first-order valence-corrected chi connectivity index (χ1v) is 14.6. The van der Waals surface area contributed by atoms with Crippen molar-refractivity contribution < 1.29 is 4.79 Å². The molecule has 1 aliphatic heterocycles. The van der Waals surface area contributed by atoms with Gasteiger partial charge in [0.05, 0.1) is 11.7 Å². The second-order valence-corrected chi connectivity index (χ2v) is 12.6. The summed E-state index contributed by atoms with van der Waals surface area (Å²) in [5.41, 5.74) is 6.29. The molecule has 0 bridgehead atoms. The summed E-state index contributed by atoms with van der Waals surface area (Å²) in [6, 6.07) is 13.5. The summed E-state index contributed by atoms with van der Waals surface area (Å²) in [5, 5.41) is 15.1. The molecule has 3 aromatic rings. The minimum Gasteiger partial charge on any atom is -0.372 e. The summed E-state index contributed by atoms with van der Waals surface area (Å²) >= 11 is 0. The Hall–Kier alpha value is -2.95. The molecule has 5 heteroatoms. The molecule has 1 aromatic heterocycles. The van der Waals surface area contributed by atoms with Crippen LogP contribution in [0.15, 0.2) is 36.4 Å². The topological polar surface area (TPSA) is 58.1 Å². The molecule has 0 amide bonds. The Morgan fingerprint density at radius 3 is 2.29 bits per heavy atom. The lowest BCUT2D eigenvalue weighted by Crippen LogP contribution is -2.30. The van der Waals surface area contributed by atoms with Crippen molar-refractivity contribution in [3.05, 3.63) is 58.8 Å². The van der Waals surface area contributed by atoms with Crippen LogP contribution in [0.5, 0.6) is 0 Å². The number of nitrogens with one attached hydrogen (secondary N) is 1. The van der Waals surface area contributed by atoms with Crippen molar-refractivity contribution in [2.75, 3.05) is 23.3 Å². The van der Waals surface area contributed by atoms with Crippen LogP contribution in [0.1, 0.15) is 94.6 Å². The maximum Gasteiger partial charge on any atom is 0.157 e. The van der Waals surface area contributed by atoms with Crippen LogP contribution in [0.2, 0.25) is 0 Å². The number of carbonyl (C=O) groups is 1. The van der Waals surface area contributed by atoms with Gasteiger partial charge in [-0.2, -0.15) is 5.10 Å². The molecular weight excluding hydrogens is 468 g/mol. The number of aromatic nitrogens is 2. The van der Waals surface area contributed by atoms with Gasteiger partial charge in [-0.15, -0.1) is 5.10 Å². The van der Waals surface area contributed by atoms with E-state index in [1.165, 1.54) is 22.4 Å². The Bertz CT molecular complexity index is 1310. The SMILES string of the molecule is Cc1c([C@@H](C)Nc2nnc(C)c3ccc(N4CCCC(C(=O)C5CC5)CCC4)cc23)cccc1C(C)(C)C. The lowest BCUT2D eigenvalue weighted by atomic mass is 9.81. The van der Waals surface area contributed by atoms with E-state index in [9.17, 15) is 4.79 Å². The highest BCUT2D eigenvalue weighted by Crippen LogP contribution is 2.37. The normalized spacial score (nSPS) is 18.2. The van der Waals surface area contributed by atoms with Crippen molar-refractivity contribution in [2.24, 2.45) is 11.8 Å². The van der Waals surface area contributed by atoms with Gasteiger partial charge in [-0.25, -0.2) is 0 Å². The number of Topliss-reactive ketones (excluding diaryl/α,β-unsaturated/α-hetero) is 1. The quantitative estimate of drug-likeness (QED) is 0.367. The highest BCUT2D eigenvalue weighted by molar-refractivity contribution is 5.95. The Morgan fingerprint density at radius 1 is 0.947 bits per heavy atom. The van der Waals surface area contributed by atoms with Gasteiger partial charge in [0.2, 0.25) is 0 Å². The summed E-state index contributed by atoms with van der Waals surface area (Å²) in [6.07, 6.45) is 6.44. The number of nitrogens with zero attached hydrogens (tertiary/aromatic N) is 3. The van der Waals surface area contributed by atoms with Crippen molar-refractivity contribution in [3.8, 4) is 0 Å². The number of aryl methyl sites for hydroxylation is 1. The first kappa shape index (κ1) is 26.6. The molecule has 5 rings (SSSR count). The molecule has 2 heterocycles. The minimum absolute atomic E-state index is 0.0995. The monoisotopic (exact) mass is 512 g/mol. The van der Waals surface area contributed by atoms with Crippen LogP contribution in [0, 0.1) is 25.7 Å². The second-order valence-electron chi connectivity index (χ2n) is 12.6. The Morgan fingerprint density at radius 2 is 1.63 bits per heavy atom. The lowest BCUT2D eigenvalue weighted by molar-refractivity contribution is -0.124. The summed E-state index contributed by atoms with van der Waals surface area (Å²) < 4.78 is 0.